The maximum absolute atomic E-state index is 9.18. The van der Waals surface area contributed by atoms with Crippen LogP contribution in [0.4, 0.5) is 0 Å². The standard InChI is InChI=1S/C13H21NO2/c1-11(14-9-13(16)10-15)7-8-12-5-3-2-4-6-12/h2-6,11,13-16H,7-10H2,1H3/t11-,13-/m0/s1. The van der Waals surface area contributed by atoms with Crippen molar-refractivity contribution in [1.82, 2.24) is 5.32 Å². The summed E-state index contributed by atoms with van der Waals surface area (Å²) in [5.41, 5.74) is 1.33. The van der Waals surface area contributed by atoms with E-state index in [-0.39, 0.29) is 6.61 Å². The summed E-state index contributed by atoms with van der Waals surface area (Å²) in [5, 5.41) is 21.0. The van der Waals surface area contributed by atoms with Crippen molar-refractivity contribution >= 4 is 0 Å². The zero-order valence-corrected chi connectivity index (χ0v) is 9.76. The van der Waals surface area contributed by atoms with E-state index in [1.807, 2.05) is 18.2 Å². The van der Waals surface area contributed by atoms with E-state index < -0.39 is 6.10 Å². The first-order valence-corrected chi connectivity index (χ1v) is 5.78. The molecule has 0 radical (unpaired) electrons. The molecular formula is C13H21NO2. The lowest BCUT2D eigenvalue weighted by Gasteiger charge is -2.15. The molecule has 0 aliphatic carbocycles. The van der Waals surface area contributed by atoms with E-state index in [0.717, 1.165) is 12.8 Å². The number of aliphatic hydroxyl groups excluding tert-OH is 2. The fourth-order valence-electron chi connectivity index (χ4n) is 1.53. The summed E-state index contributed by atoms with van der Waals surface area (Å²) in [6, 6.07) is 10.7. The first-order valence-electron chi connectivity index (χ1n) is 5.78. The van der Waals surface area contributed by atoms with E-state index >= 15 is 0 Å². The number of benzene rings is 1. The maximum atomic E-state index is 9.18. The highest BCUT2D eigenvalue weighted by molar-refractivity contribution is 5.14. The van der Waals surface area contributed by atoms with Crippen LogP contribution in [0.5, 0.6) is 0 Å². The van der Waals surface area contributed by atoms with E-state index in [0.29, 0.717) is 12.6 Å². The molecule has 0 aromatic heterocycles. The highest BCUT2D eigenvalue weighted by atomic mass is 16.3. The van der Waals surface area contributed by atoms with Crippen LogP contribution in [0.25, 0.3) is 0 Å². The SMILES string of the molecule is C[C@@H](CCc1ccccc1)NC[C@H](O)CO. The average molecular weight is 223 g/mol. The molecule has 0 saturated heterocycles. The van der Waals surface area contributed by atoms with Gasteiger partial charge in [-0.1, -0.05) is 30.3 Å². The molecule has 0 amide bonds. The predicted molar refractivity (Wildman–Crippen MR) is 65.3 cm³/mol. The first kappa shape index (κ1) is 13.2. The van der Waals surface area contributed by atoms with Crippen LogP contribution in [-0.2, 0) is 6.42 Å². The lowest BCUT2D eigenvalue weighted by molar-refractivity contribution is 0.0921. The van der Waals surface area contributed by atoms with Crippen LogP contribution in [0.2, 0.25) is 0 Å². The second-order valence-corrected chi connectivity index (χ2v) is 4.17. The molecule has 0 aliphatic rings. The van der Waals surface area contributed by atoms with E-state index in [2.05, 4.69) is 24.4 Å². The van der Waals surface area contributed by atoms with Crippen molar-refractivity contribution in [2.45, 2.75) is 31.9 Å². The minimum Gasteiger partial charge on any atom is -0.394 e. The van der Waals surface area contributed by atoms with E-state index in [1.165, 1.54) is 5.56 Å². The summed E-state index contributed by atoms with van der Waals surface area (Å²) in [5.74, 6) is 0. The lowest BCUT2D eigenvalue weighted by atomic mass is 10.1. The Labute approximate surface area is 97.1 Å². The Morgan fingerprint density at radius 1 is 1.25 bits per heavy atom. The van der Waals surface area contributed by atoms with Crippen molar-refractivity contribution in [3.05, 3.63) is 35.9 Å². The molecule has 0 bridgehead atoms. The molecule has 0 saturated carbocycles. The van der Waals surface area contributed by atoms with Crippen molar-refractivity contribution in [2.75, 3.05) is 13.2 Å². The van der Waals surface area contributed by atoms with Gasteiger partial charge in [-0.2, -0.15) is 0 Å². The van der Waals surface area contributed by atoms with Gasteiger partial charge in [0.2, 0.25) is 0 Å². The van der Waals surface area contributed by atoms with Crippen LogP contribution in [0, 0.1) is 0 Å². The Balaban J connectivity index is 2.18. The molecule has 0 unspecified atom stereocenters. The highest BCUT2D eigenvalue weighted by Gasteiger charge is 2.05. The second kappa shape index (κ2) is 7.39. The Morgan fingerprint density at radius 2 is 1.94 bits per heavy atom. The molecule has 3 N–H and O–H groups in total. The van der Waals surface area contributed by atoms with Gasteiger partial charge in [-0.05, 0) is 25.3 Å². The highest BCUT2D eigenvalue weighted by Crippen LogP contribution is 2.04. The van der Waals surface area contributed by atoms with Gasteiger partial charge in [0.15, 0.2) is 0 Å². The summed E-state index contributed by atoms with van der Waals surface area (Å²) in [6.45, 7) is 2.36. The molecule has 1 aromatic carbocycles. The fourth-order valence-corrected chi connectivity index (χ4v) is 1.53. The van der Waals surface area contributed by atoms with Crippen molar-refractivity contribution < 1.29 is 10.2 Å². The molecule has 90 valence electrons. The Morgan fingerprint density at radius 3 is 2.56 bits per heavy atom. The zero-order chi connectivity index (χ0) is 11.8. The summed E-state index contributed by atoms with van der Waals surface area (Å²) in [6.07, 6.45) is 1.41. The minimum absolute atomic E-state index is 0.182. The van der Waals surface area contributed by atoms with E-state index in [9.17, 15) is 5.11 Å². The number of nitrogens with one attached hydrogen (secondary N) is 1. The summed E-state index contributed by atoms with van der Waals surface area (Å²) in [7, 11) is 0. The third-order valence-electron chi connectivity index (χ3n) is 2.62. The van der Waals surface area contributed by atoms with Gasteiger partial charge in [-0.15, -0.1) is 0 Å². The van der Waals surface area contributed by atoms with Gasteiger partial charge in [-0.3, -0.25) is 0 Å². The molecule has 2 atom stereocenters. The average Bonchev–Trinajstić information content (AvgIpc) is 2.34. The number of hydrogen-bond acceptors (Lipinski definition) is 3. The zero-order valence-electron chi connectivity index (χ0n) is 9.76. The van der Waals surface area contributed by atoms with Crippen LogP contribution in [0.15, 0.2) is 30.3 Å². The second-order valence-electron chi connectivity index (χ2n) is 4.17. The normalized spacial score (nSPS) is 14.7. The molecule has 1 rings (SSSR count). The van der Waals surface area contributed by atoms with Crippen molar-refractivity contribution in [1.29, 1.82) is 0 Å². The maximum Gasteiger partial charge on any atom is 0.0895 e. The number of aliphatic hydroxyl groups is 2. The molecule has 1 aromatic rings. The van der Waals surface area contributed by atoms with Gasteiger partial charge in [0.1, 0.15) is 0 Å². The van der Waals surface area contributed by atoms with Gasteiger partial charge < -0.3 is 15.5 Å². The van der Waals surface area contributed by atoms with Crippen LogP contribution in [0.1, 0.15) is 18.9 Å². The summed E-state index contributed by atoms with van der Waals surface area (Å²) in [4.78, 5) is 0. The molecule has 0 aliphatic heterocycles. The fraction of sp³-hybridized carbons (Fsp3) is 0.538. The first-order chi connectivity index (χ1) is 7.72. The number of hydrogen-bond donors (Lipinski definition) is 3. The van der Waals surface area contributed by atoms with E-state index in [1.54, 1.807) is 0 Å². The molecular weight excluding hydrogens is 202 g/mol. The van der Waals surface area contributed by atoms with Crippen molar-refractivity contribution in [2.24, 2.45) is 0 Å². The number of aryl methyl sites for hydroxylation is 1. The minimum atomic E-state index is -0.654. The van der Waals surface area contributed by atoms with Crippen LogP contribution in [-0.4, -0.2) is 35.5 Å². The quantitative estimate of drug-likeness (QED) is 0.645. The molecule has 0 spiro atoms. The van der Waals surface area contributed by atoms with Crippen LogP contribution in [0.3, 0.4) is 0 Å². The molecule has 0 fully saturated rings. The topological polar surface area (TPSA) is 52.5 Å². The van der Waals surface area contributed by atoms with Crippen LogP contribution >= 0.6 is 0 Å². The lowest BCUT2D eigenvalue weighted by Crippen LogP contribution is -2.35. The van der Waals surface area contributed by atoms with E-state index in [4.69, 9.17) is 5.11 Å². The molecule has 3 nitrogen and oxygen atoms in total. The molecule has 0 heterocycles. The number of rotatable bonds is 7. The largest absolute Gasteiger partial charge is 0.394 e. The monoisotopic (exact) mass is 223 g/mol. The van der Waals surface area contributed by atoms with Gasteiger partial charge >= 0.3 is 0 Å². The van der Waals surface area contributed by atoms with Crippen molar-refractivity contribution in [3.63, 3.8) is 0 Å². The summed E-state index contributed by atoms with van der Waals surface area (Å²) >= 11 is 0. The Hall–Kier alpha value is -0.900. The molecule has 16 heavy (non-hydrogen) atoms. The third kappa shape index (κ3) is 5.26. The summed E-state index contributed by atoms with van der Waals surface area (Å²) < 4.78 is 0. The Bertz CT molecular complexity index is 277. The Kier molecular flexibility index (Phi) is 6.08. The van der Waals surface area contributed by atoms with Crippen molar-refractivity contribution in [3.8, 4) is 0 Å². The van der Waals surface area contributed by atoms with Gasteiger partial charge in [0.05, 0.1) is 12.7 Å². The van der Waals surface area contributed by atoms with Gasteiger partial charge in [0.25, 0.3) is 0 Å². The smallest absolute Gasteiger partial charge is 0.0895 e. The van der Waals surface area contributed by atoms with Gasteiger partial charge in [-0.25, -0.2) is 0 Å². The third-order valence-corrected chi connectivity index (χ3v) is 2.62. The molecule has 3 heteroatoms. The predicted octanol–water partition coefficient (Wildman–Crippen LogP) is 0.950. The van der Waals surface area contributed by atoms with Gasteiger partial charge in [0, 0.05) is 12.6 Å². The van der Waals surface area contributed by atoms with Crippen LogP contribution < -0.4 is 5.32 Å².